The summed E-state index contributed by atoms with van der Waals surface area (Å²) >= 11 is 0. The number of aromatic nitrogens is 2. The lowest BCUT2D eigenvalue weighted by Crippen LogP contribution is -2.47. The van der Waals surface area contributed by atoms with Crippen molar-refractivity contribution in [3.05, 3.63) is 66.2 Å². The van der Waals surface area contributed by atoms with Crippen LogP contribution in [0, 0.1) is 5.82 Å². The van der Waals surface area contributed by atoms with Gasteiger partial charge in [0.2, 0.25) is 0 Å². The van der Waals surface area contributed by atoms with E-state index in [0.29, 0.717) is 37.7 Å². The van der Waals surface area contributed by atoms with Crippen molar-refractivity contribution in [1.29, 1.82) is 0 Å². The number of benzene rings is 2. The van der Waals surface area contributed by atoms with E-state index in [2.05, 4.69) is 15.3 Å². The van der Waals surface area contributed by atoms with E-state index in [1.165, 1.54) is 24.5 Å². The number of nitrogens with zero attached hydrogens (tertiary/aromatic N) is 4. The van der Waals surface area contributed by atoms with E-state index in [4.69, 9.17) is 5.73 Å². The highest BCUT2D eigenvalue weighted by Crippen LogP contribution is 2.33. The lowest BCUT2D eigenvalue weighted by atomic mass is 10.2. The summed E-state index contributed by atoms with van der Waals surface area (Å²) in [6.45, 7) is 2.25. The SMILES string of the molecule is Nc1c(Nc2cccc(C(F)(F)F)c2)ncnc1N1CCN(c2ccccc2F)CC1. The van der Waals surface area contributed by atoms with Crippen LogP contribution in [-0.4, -0.2) is 36.1 Å². The number of nitrogens with two attached hydrogens (primary N) is 1. The van der Waals surface area contributed by atoms with Gasteiger partial charge < -0.3 is 20.9 Å². The Hall–Kier alpha value is -3.56. The molecule has 2 aromatic carbocycles. The van der Waals surface area contributed by atoms with Crippen LogP contribution in [0.1, 0.15) is 5.56 Å². The first kappa shape index (κ1) is 20.7. The molecule has 1 aromatic heterocycles. The molecule has 3 N–H and O–H groups in total. The number of para-hydroxylation sites is 1. The maximum Gasteiger partial charge on any atom is 0.416 e. The van der Waals surface area contributed by atoms with Gasteiger partial charge in [-0.05, 0) is 30.3 Å². The van der Waals surface area contributed by atoms with Crippen molar-refractivity contribution >= 4 is 28.7 Å². The zero-order valence-electron chi connectivity index (χ0n) is 16.4. The summed E-state index contributed by atoms with van der Waals surface area (Å²) in [6.07, 6.45) is -3.14. The fourth-order valence-corrected chi connectivity index (χ4v) is 3.52. The maximum atomic E-state index is 14.0. The minimum atomic E-state index is -4.45. The fourth-order valence-electron chi connectivity index (χ4n) is 3.52. The molecule has 1 aliphatic heterocycles. The molecule has 0 radical (unpaired) electrons. The first-order valence-electron chi connectivity index (χ1n) is 9.62. The molecule has 4 rings (SSSR count). The first-order valence-corrected chi connectivity index (χ1v) is 9.62. The highest BCUT2D eigenvalue weighted by Gasteiger charge is 2.30. The zero-order chi connectivity index (χ0) is 22.0. The Balaban J connectivity index is 1.49. The molecule has 6 nitrogen and oxygen atoms in total. The zero-order valence-corrected chi connectivity index (χ0v) is 16.4. The molecule has 1 saturated heterocycles. The van der Waals surface area contributed by atoms with Gasteiger partial charge in [0.1, 0.15) is 17.8 Å². The van der Waals surface area contributed by atoms with Gasteiger partial charge in [0, 0.05) is 31.9 Å². The molecule has 0 bridgehead atoms. The molecule has 10 heteroatoms. The quantitative estimate of drug-likeness (QED) is 0.600. The standard InChI is InChI=1S/C21H20F4N6/c22-16-6-1-2-7-17(16)30-8-10-31(11-9-30)20-18(26)19(27-13-28-20)29-15-5-3-4-14(12-15)21(23,24)25/h1-7,12-13H,8-11,26H2,(H,27,28,29). The normalized spacial score (nSPS) is 14.6. The Morgan fingerprint density at radius 3 is 2.32 bits per heavy atom. The molecule has 1 fully saturated rings. The molecule has 0 atom stereocenters. The second-order valence-electron chi connectivity index (χ2n) is 7.09. The smallest absolute Gasteiger partial charge is 0.393 e. The highest BCUT2D eigenvalue weighted by atomic mass is 19.4. The van der Waals surface area contributed by atoms with Crippen LogP contribution in [0.15, 0.2) is 54.9 Å². The van der Waals surface area contributed by atoms with Crippen LogP contribution in [0.2, 0.25) is 0 Å². The van der Waals surface area contributed by atoms with E-state index in [-0.39, 0.29) is 23.0 Å². The predicted octanol–water partition coefficient (Wildman–Crippen LogP) is 4.29. The van der Waals surface area contributed by atoms with Crippen LogP contribution in [0.5, 0.6) is 0 Å². The average Bonchev–Trinajstić information content (AvgIpc) is 2.75. The van der Waals surface area contributed by atoms with Gasteiger partial charge in [-0.1, -0.05) is 18.2 Å². The third-order valence-corrected chi connectivity index (χ3v) is 5.09. The molecule has 0 aliphatic carbocycles. The highest BCUT2D eigenvalue weighted by molar-refractivity contribution is 5.78. The average molecular weight is 432 g/mol. The lowest BCUT2D eigenvalue weighted by Gasteiger charge is -2.37. The van der Waals surface area contributed by atoms with Crippen molar-refractivity contribution in [2.75, 3.05) is 47.0 Å². The van der Waals surface area contributed by atoms with Gasteiger partial charge in [-0.15, -0.1) is 0 Å². The van der Waals surface area contributed by atoms with E-state index >= 15 is 0 Å². The van der Waals surface area contributed by atoms with Gasteiger partial charge in [-0.25, -0.2) is 14.4 Å². The minimum absolute atomic E-state index is 0.218. The van der Waals surface area contributed by atoms with Gasteiger partial charge in [0.05, 0.1) is 11.3 Å². The van der Waals surface area contributed by atoms with Crippen molar-refractivity contribution < 1.29 is 17.6 Å². The van der Waals surface area contributed by atoms with Crippen LogP contribution in [-0.2, 0) is 6.18 Å². The number of hydrogen-bond acceptors (Lipinski definition) is 6. The summed E-state index contributed by atoms with van der Waals surface area (Å²) in [5, 5.41) is 2.84. The Bertz CT molecular complexity index is 1060. The van der Waals surface area contributed by atoms with Crippen LogP contribution in [0.25, 0.3) is 0 Å². The third-order valence-electron chi connectivity index (χ3n) is 5.09. The largest absolute Gasteiger partial charge is 0.416 e. The van der Waals surface area contributed by atoms with Crippen molar-refractivity contribution in [2.24, 2.45) is 0 Å². The summed E-state index contributed by atoms with van der Waals surface area (Å²) in [6, 6.07) is 11.4. The number of hydrogen-bond donors (Lipinski definition) is 2. The van der Waals surface area contributed by atoms with Gasteiger partial charge in [-0.2, -0.15) is 13.2 Å². The summed E-state index contributed by atoms with van der Waals surface area (Å²) in [5.41, 5.74) is 6.46. The molecule has 3 aromatic rings. The summed E-state index contributed by atoms with van der Waals surface area (Å²) < 4.78 is 52.9. The summed E-state index contributed by atoms with van der Waals surface area (Å²) in [7, 11) is 0. The molecule has 0 spiro atoms. The van der Waals surface area contributed by atoms with Crippen LogP contribution < -0.4 is 20.9 Å². The topological polar surface area (TPSA) is 70.3 Å². The van der Waals surface area contributed by atoms with E-state index in [1.54, 1.807) is 18.2 Å². The van der Waals surface area contributed by atoms with Crippen molar-refractivity contribution in [3.63, 3.8) is 0 Å². The first-order chi connectivity index (χ1) is 14.8. The molecule has 31 heavy (non-hydrogen) atoms. The molecule has 0 saturated carbocycles. The maximum absolute atomic E-state index is 14.0. The van der Waals surface area contributed by atoms with Crippen LogP contribution in [0.4, 0.5) is 46.3 Å². The Kier molecular flexibility index (Phi) is 5.53. The number of piperazine rings is 1. The van der Waals surface area contributed by atoms with E-state index in [9.17, 15) is 17.6 Å². The Labute approximate surface area is 176 Å². The third kappa shape index (κ3) is 4.47. The van der Waals surface area contributed by atoms with E-state index < -0.39 is 11.7 Å². The van der Waals surface area contributed by atoms with Gasteiger partial charge in [-0.3, -0.25) is 0 Å². The van der Waals surface area contributed by atoms with Gasteiger partial charge in [0.25, 0.3) is 0 Å². The molecule has 1 aliphatic rings. The second kappa shape index (κ2) is 8.29. The molecule has 2 heterocycles. The molecular formula is C21H20F4N6. The van der Waals surface area contributed by atoms with Crippen LogP contribution >= 0.6 is 0 Å². The summed E-state index contributed by atoms with van der Waals surface area (Å²) in [5.74, 6) is 0.434. The number of halogens is 4. The van der Waals surface area contributed by atoms with Crippen molar-refractivity contribution in [1.82, 2.24) is 9.97 Å². The molecule has 0 unspecified atom stereocenters. The monoisotopic (exact) mass is 432 g/mol. The van der Waals surface area contributed by atoms with Crippen molar-refractivity contribution in [3.8, 4) is 0 Å². The number of nitrogens with one attached hydrogen (secondary N) is 1. The van der Waals surface area contributed by atoms with Crippen LogP contribution in [0.3, 0.4) is 0 Å². The number of rotatable bonds is 4. The second-order valence-corrected chi connectivity index (χ2v) is 7.09. The summed E-state index contributed by atoms with van der Waals surface area (Å²) in [4.78, 5) is 12.2. The minimum Gasteiger partial charge on any atom is -0.393 e. The fraction of sp³-hybridized carbons (Fsp3) is 0.238. The molecular weight excluding hydrogens is 412 g/mol. The predicted molar refractivity (Wildman–Crippen MR) is 112 cm³/mol. The number of anilines is 5. The van der Waals surface area contributed by atoms with E-state index in [1.807, 2.05) is 9.80 Å². The van der Waals surface area contributed by atoms with Gasteiger partial charge in [0.15, 0.2) is 11.6 Å². The molecule has 162 valence electrons. The van der Waals surface area contributed by atoms with Gasteiger partial charge >= 0.3 is 6.18 Å². The lowest BCUT2D eigenvalue weighted by molar-refractivity contribution is -0.137. The number of nitrogen functional groups attached to an aromatic ring is 1. The Morgan fingerprint density at radius 1 is 0.903 bits per heavy atom. The molecule has 0 amide bonds. The number of alkyl halides is 3. The van der Waals surface area contributed by atoms with Crippen molar-refractivity contribution in [2.45, 2.75) is 6.18 Å². The Morgan fingerprint density at radius 2 is 1.61 bits per heavy atom. The van der Waals surface area contributed by atoms with E-state index in [0.717, 1.165) is 12.1 Å².